The second-order valence-corrected chi connectivity index (χ2v) is 6.79. The molecule has 1 aromatic carbocycles. The molecule has 2 fully saturated rings. The lowest BCUT2D eigenvalue weighted by Gasteiger charge is -2.35. The second-order valence-electron chi connectivity index (χ2n) is 6.79. The number of hydrogen-bond acceptors (Lipinski definition) is 4. The highest BCUT2D eigenvalue weighted by Gasteiger charge is 2.29. The van der Waals surface area contributed by atoms with Gasteiger partial charge in [-0.3, -0.25) is 4.79 Å². The van der Waals surface area contributed by atoms with Crippen molar-refractivity contribution in [1.82, 2.24) is 10.2 Å². The van der Waals surface area contributed by atoms with Crippen LogP contribution in [0.1, 0.15) is 31.2 Å². The van der Waals surface area contributed by atoms with Crippen LogP contribution in [-0.2, 0) is 11.2 Å². The summed E-state index contributed by atoms with van der Waals surface area (Å²) in [5.74, 6) is 2.31. The van der Waals surface area contributed by atoms with E-state index in [9.17, 15) is 4.79 Å². The van der Waals surface area contributed by atoms with Crippen LogP contribution in [0.5, 0.6) is 11.5 Å². The third-order valence-corrected chi connectivity index (χ3v) is 5.36. The van der Waals surface area contributed by atoms with E-state index in [1.807, 2.05) is 23.1 Å². The molecule has 5 nitrogen and oxygen atoms in total. The molecule has 0 aromatic heterocycles. The molecule has 5 heteroatoms. The fourth-order valence-electron chi connectivity index (χ4n) is 3.94. The molecule has 0 saturated carbocycles. The fourth-order valence-corrected chi connectivity index (χ4v) is 3.94. The quantitative estimate of drug-likeness (QED) is 0.898. The fraction of sp³-hybridized carbons (Fsp3) is 0.632. The summed E-state index contributed by atoms with van der Waals surface area (Å²) in [6.45, 7) is 2.92. The minimum Gasteiger partial charge on any atom is -0.493 e. The first kappa shape index (κ1) is 17.1. The van der Waals surface area contributed by atoms with Crippen molar-refractivity contribution in [1.29, 1.82) is 0 Å². The van der Waals surface area contributed by atoms with Crippen LogP contribution in [0.15, 0.2) is 18.2 Å². The van der Waals surface area contributed by atoms with Crippen molar-refractivity contribution in [3.63, 3.8) is 0 Å². The number of methoxy groups -OCH3 is 2. The molecule has 132 valence electrons. The highest BCUT2D eigenvalue weighted by molar-refractivity contribution is 5.79. The molecule has 1 atom stereocenters. The highest BCUT2D eigenvalue weighted by Crippen LogP contribution is 2.29. The topological polar surface area (TPSA) is 50.8 Å². The standard InChI is InChI=1S/C19H28N2O3/c1-23-17-6-5-14(12-18(17)24-2)13-19(22)21-10-7-15(8-11-21)16-4-3-9-20-16/h5-6,12,15-16,20H,3-4,7-11,13H2,1-2H3. The van der Waals surface area contributed by atoms with E-state index in [0.717, 1.165) is 44.0 Å². The molecule has 24 heavy (non-hydrogen) atoms. The van der Waals surface area contributed by atoms with Gasteiger partial charge in [0.15, 0.2) is 11.5 Å². The van der Waals surface area contributed by atoms with Gasteiger partial charge in [0.25, 0.3) is 0 Å². The molecule has 0 radical (unpaired) electrons. The van der Waals surface area contributed by atoms with Gasteiger partial charge >= 0.3 is 0 Å². The minimum atomic E-state index is 0.208. The average molecular weight is 332 g/mol. The summed E-state index contributed by atoms with van der Waals surface area (Å²) in [6, 6.07) is 6.37. The number of carbonyl (C=O) groups excluding carboxylic acids is 1. The van der Waals surface area contributed by atoms with Gasteiger partial charge in [-0.25, -0.2) is 0 Å². The van der Waals surface area contributed by atoms with Crippen molar-refractivity contribution in [3.8, 4) is 11.5 Å². The predicted molar refractivity (Wildman–Crippen MR) is 93.6 cm³/mol. The lowest BCUT2D eigenvalue weighted by Crippen LogP contribution is -2.43. The van der Waals surface area contributed by atoms with Gasteiger partial charge in [-0.2, -0.15) is 0 Å². The van der Waals surface area contributed by atoms with Crippen LogP contribution in [0.4, 0.5) is 0 Å². The predicted octanol–water partition coefficient (Wildman–Crippen LogP) is 2.24. The van der Waals surface area contributed by atoms with Gasteiger partial charge in [0.1, 0.15) is 0 Å². The van der Waals surface area contributed by atoms with Gasteiger partial charge in [0.2, 0.25) is 5.91 Å². The Balaban J connectivity index is 1.54. The summed E-state index contributed by atoms with van der Waals surface area (Å²) >= 11 is 0. The number of benzene rings is 1. The number of likely N-dealkylation sites (tertiary alicyclic amines) is 1. The number of amides is 1. The van der Waals surface area contributed by atoms with Gasteiger partial charge in [0, 0.05) is 19.1 Å². The zero-order chi connectivity index (χ0) is 16.9. The molecule has 2 aliphatic rings. The number of hydrogen-bond donors (Lipinski definition) is 1. The molecule has 1 aromatic rings. The van der Waals surface area contributed by atoms with E-state index >= 15 is 0 Å². The van der Waals surface area contributed by atoms with E-state index in [0.29, 0.717) is 24.0 Å². The van der Waals surface area contributed by atoms with Crippen molar-refractivity contribution in [2.45, 2.75) is 38.1 Å². The van der Waals surface area contributed by atoms with Gasteiger partial charge in [-0.05, 0) is 55.8 Å². The summed E-state index contributed by atoms with van der Waals surface area (Å²) in [5, 5.41) is 3.60. The Morgan fingerprint density at radius 2 is 1.92 bits per heavy atom. The largest absolute Gasteiger partial charge is 0.493 e. The third kappa shape index (κ3) is 3.83. The van der Waals surface area contributed by atoms with E-state index in [1.54, 1.807) is 14.2 Å². The first-order valence-electron chi connectivity index (χ1n) is 8.93. The smallest absolute Gasteiger partial charge is 0.226 e. The molecule has 1 unspecified atom stereocenters. The number of nitrogens with zero attached hydrogens (tertiary/aromatic N) is 1. The number of rotatable bonds is 5. The lowest BCUT2D eigenvalue weighted by molar-refractivity contribution is -0.132. The lowest BCUT2D eigenvalue weighted by atomic mass is 9.88. The summed E-state index contributed by atoms with van der Waals surface area (Å²) in [6.07, 6.45) is 5.25. The highest BCUT2D eigenvalue weighted by atomic mass is 16.5. The first-order valence-corrected chi connectivity index (χ1v) is 8.93. The van der Waals surface area contributed by atoms with Crippen molar-refractivity contribution in [3.05, 3.63) is 23.8 Å². The maximum absolute atomic E-state index is 12.6. The molecule has 0 bridgehead atoms. The number of nitrogens with one attached hydrogen (secondary N) is 1. The maximum atomic E-state index is 12.6. The van der Waals surface area contributed by atoms with Crippen LogP contribution in [0.3, 0.4) is 0 Å². The minimum absolute atomic E-state index is 0.208. The number of ether oxygens (including phenoxy) is 2. The zero-order valence-electron chi connectivity index (χ0n) is 14.7. The molecule has 1 amide bonds. The zero-order valence-corrected chi connectivity index (χ0v) is 14.7. The molecule has 0 aliphatic carbocycles. The van der Waals surface area contributed by atoms with Crippen LogP contribution in [0, 0.1) is 5.92 Å². The van der Waals surface area contributed by atoms with Gasteiger partial charge in [0.05, 0.1) is 20.6 Å². The van der Waals surface area contributed by atoms with Crippen LogP contribution in [0.2, 0.25) is 0 Å². The third-order valence-electron chi connectivity index (χ3n) is 5.36. The summed E-state index contributed by atoms with van der Waals surface area (Å²) in [7, 11) is 3.23. The molecule has 1 N–H and O–H groups in total. The Bertz CT molecular complexity index is 562. The van der Waals surface area contributed by atoms with E-state index in [1.165, 1.54) is 12.8 Å². The Morgan fingerprint density at radius 1 is 1.17 bits per heavy atom. The summed E-state index contributed by atoms with van der Waals surface area (Å²) in [5.41, 5.74) is 0.970. The van der Waals surface area contributed by atoms with E-state index < -0.39 is 0 Å². The molecule has 2 saturated heterocycles. The molecular weight excluding hydrogens is 304 g/mol. The van der Waals surface area contributed by atoms with E-state index in [4.69, 9.17) is 9.47 Å². The molecule has 2 aliphatic heterocycles. The Kier molecular flexibility index (Phi) is 5.61. The molecular formula is C19H28N2O3. The van der Waals surface area contributed by atoms with Crippen LogP contribution >= 0.6 is 0 Å². The van der Waals surface area contributed by atoms with E-state index in [-0.39, 0.29) is 5.91 Å². The van der Waals surface area contributed by atoms with Crippen LogP contribution < -0.4 is 14.8 Å². The van der Waals surface area contributed by atoms with Crippen LogP contribution in [0.25, 0.3) is 0 Å². The van der Waals surface area contributed by atoms with Gasteiger partial charge in [-0.1, -0.05) is 6.07 Å². The monoisotopic (exact) mass is 332 g/mol. The SMILES string of the molecule is COc1ccc(CC(=O)N2CCC(C3CCCN3)CC2)cc1OC. The second kappa shape index (κ2) is 7.88. The normalized spacial score (nSPS) is 21.8. The number of carbonyl (C=O) groups is 1. The van der Waals surface area contributed by atoms with Crippen molar-refractivity contribution < 1.29 is 14.3 Å². The van der Waals surface area contributed by atoms with Gasteiger partial charge < -0.3 is 19.7 Å². The van der Waals surface area contributed by atoms with Crippen molar-refractivity contribution >= 4 is 5.91 Å². The summed E-state index contributed by atoms with van der Waals surface area (Å²) in [4.78, 5) is 14.6. The Hall–Kier alpha value is -1.75. The van der Waals surface area contributed by atoms with Crippen LogP contribution in [-0.4, -0.2) is 50.7 Å². The number of piperidine rings is 1. The molecule has 0 spiro atoms. The molecule has 3 rings (SSSR count). The van der Waals surface area contributed by atoms with Crippen molar-refractivity contribution in [2.75, 3.05) is 33.9 Å². The molecule has 2 heterocycles. The average Bonchev–Trinajstić information content (AvgIpc) is 3.16. The Labute approximate surface area is 144 Å². The van der Waals surface area contributed by atoms with Crippen molar-refractivity contribution in [2.24, 2.45) is 5.92 Å². The first-order chi connectivity index (χ1) is 11.7. The van der Waals surface area contributed by atoms with Gasteiger partial charge in [-0.15, -0.1) is 0 Å². The maximum Gasteiger partial charge on any atom is 0.226 e. The van der Waals surface area contributed by atoms with E-state index in [2.05, 4.69) is 5.32 Å². The summed E-state index contributed by atoms with van der Waals surface area (Å²) < 4.78 is 10.6. The Morgan fingerprint density at radius 3 is 2.54 bits per heavy atom.